The summed E-state index contributed by atoms with van der Waals surface area (Å²) in [5, 5.41) is 9.45. The van der Waals surface area contributed by atoms with Crippen molar-refractivity contribution in [3.8, 4) is 11.3 Å². The van der Waals surface area contributed by atoms with Crippen LogP contribution in [0.15, 0.2) is 59.3 Å². The molecule has 2 aromatic heterocycles. The molecule has 1 fully saturated rings. The highest BCUT2D eigenvalue weighted by Gasteiger charge is 2.22. The molecule has 4 aromatic rings. The Labute approximate surface area is 176 Å². The Bertz CT molecular complexity index is 1070. The Morgan fingerprint density at radius 2 is 1.89 bits per heavy atom. The Balaban J connectivity index is 0.00000112. The Morgan fingerprint density at radius 3 is 2.57 bits per heavy atom. The zero-order valence-corrected chi connectivity index (χ0v) is 17.1. The predicted octanol–water partition coefficient (Wildman–Crippen LogP) is 6.00. The molecule has 0 aliphatic heterocycles. The van der Waals surface area contributed by atoms with Gasteiger partial charge in [0.15, 0.2) is 11.7 Å². The van der Waals surface area contributed by atoms with E-state index in [0.29, 0.717) is 5.89 Å². The number of nitrogens with one attached hydrogen (secondary N) is 1. The van der Waals surface area contributed by atoms with E-state index in [1.165, 1.54) is 18.2 Å². The van der Waals surface area contributed by atoms with Crippen LogP contribution in [0.2, 0.25) is 0 Å². The number of aryl methyl sites for hydroxylation is 1. The summed E-state index contributed by atoms with van der Waals surface area (Å²) in [7, 11) is 0. The van der Waals surface area contributed by atoms with E-state index in [-0.39, 0.29) is 24.8 Å². The maximum absolute atomic E-state index is 5.58. The molecule has 0 saturated heterocycles. The van der Waals surface area contributed by atoms with E-state index in [0.717, 1.165) is 40.7 Å². The fourth-order valence-corrected chi connectivity index (χ4v) is 3.22. The largest absolute Gasteiger partial charge is 0.441 e. The van der Waals surface area contributed by atoms with Gasteiger partial charge in [0.2, 0.25) is 0 Å². The van der Waals surface area contributed by atoms with Crippen LogP contribution in [0.3, 0.4) is 0 Å². The van der Waals surface area contributed by atoms with E-state index in [1.54, 1.807) is 6.20 Å². The quantitative estimate of drug-likeness (QED) is 0.433. The third kappa shape index (κ3) is 4.16. The van der Waals surface area contributed by atoms with E-state index in [2.05, 4.69) is 39.4 Å². The van der Waals surface area contributed by atoms with Crippen molar-refractivity contribution in [1.29, 1.82) is 0 Å². The van der Waals surface area contributed by atoms with E-state index in [9.17, 15) is 0 Å². The molecular formula is C21H22Cl2N4O. The van der Waals surface area contributed by atoms with Crippen molar-refractivity contribution >= 4 is 47.1 Å². The van der Waals surface area contributed by atoms with Crippen molar-refractivity contribution in [2.75, 3.05) is 5.32 Å². The summed E-state index contributed by atoms with van der Waals surface area (Å²) in [6, 6.07) is 14.4. The van der Waals surface area contributed by atoms with E-state index in [4.69, 9.17) is 9.52 Å². The molecular weight excluding hydrogens is 395 g/mol. The van der Waals surface area contributed by atoms with Crippen LogP contribution in [0.25, 0.3) is 22.2 Å². The van der Waals surface area contributed by atoms with Crippen molar-refractivity contribution < 1.29 is 4.42 Å². The minimum Gasteiger partial charge on any atom is -0.441 e. The second kappa shape index (κ2) is 8.25. The van der Waals surface area contributed by atoms with Crippen molar-refractivity contribution in [1.82, 2.24) is 14.8 Å². The average molecular weight is 417 g/mol. The molecule has 0 unspecified atom stereocenters. The van der Waals surface area contributed by atoms with E-state index < -0.39 is 0 Å². The summed E-state index contributed by atoms with van der Waals surface area (Å²) in [5.74, 6) is 2.28. The van der Waals surface area contributed by atoms with Crippen molar-refractivity contribution in [3.05, 3.63) is 60.7 Å². The number of halogens is 2. The minimum atomic E-state index is 0. The van der Waals surface area contributed by atoms with Crippen LogP contribution in [-0.4, -0.2) is 14.8 Å². The third-order valence-corrected chi connectivity index (χ3v) is 4.80. The SMILES string of the molecule is Cc1ncc(-c2ccc(Nc3cccc4cn(CC5CC5)nc34)cc2)o1.Cl.Cl. The summed E-state index contributed by atoms with van der Waals surface area (Å²) in [6.45, 7) is 2.88. The maximum atomic E-state index is 5.58. The molecule has 2 heterocycles. The Morgan fingerprint density at radius 1 is 1.11 bits per heavy atom. The number of fused-ring (bicyclic) bond motifs is 1. The first kappa shape index (κ1) is 20.2. The number of aromatic nitrogens is 3. The normalized spacial score (nSPS) is 13.0. The number of nitrogens with zero attached hydrogens (tertiary/aromatic N) is 3. The zero-order valence-electron chi connectivity index (χ0n) is 15.5. The minimum absolute atomic E-state index is 0. The lowest BCUT2D eigenvalue weighted by molar-refractivity contribution is 0.534. The summed E-state index contributed by atoms with van der Waals surface area (Å²) in [6.07, 6.45) is 6.57. The van der Waals surface area contributed by atoms with Crippen molar-refractivity contribution in [3.63, 3.8) is 0 Å². The number of benzene rings is 2. The molecule has 0 atom stereocenters. The van der Waals surface area contributed by atoms with Crippen LogP contribution < -0.4 is 5.32 Å². The number of hydrogen-bond donors (Lipinski definition) is 1. The monoisotopic (exact) mass is 416 g/mol. The van der Waals surface area contributed by atoms with Gasteiger partial charge in [-0.1, -0.05) is 12.1 Å². The van der Waals surface area contributed by atoms with Crippen LogP contribution >= 0.6 is 24.8 Å². The second-order valence-corrected chi connectivity index (χ2v) is 6.98. The van der Waals surface area contributed by atoms with Crippen molar-refractivity contribution in [2.45, 2.75) is 26.3 Å². The Kier molecular flexibility index (Phi) is 5.96. The second-order valence-electron chi connectivity index (χ2n) is 6.98. The van der Waals surface area contributed by atoms with Crippen LogP contribution in [0, 0.1) is 12.8 Å². The van der Waals surface area contributed by atoms with Gasteiger partial charge in [0, 0.05) is 36.3 Å². The smallest absolute Gasteiger partial charge is 0.191 e. The first-order chi connectivity index (χ1) is 12.7. The molecule has 5 nitrogen and oxygen atoms in total. The topological polar surface area (TPSA) is 55.9 Å². The van der Waals surface area contributed by atoms with Gasteiger partial charge in [0.05, 0.1) is 11.9 Å². The van der Waals surface area contributed by atoms with Gasteiger partial charge >= 0.3 is 0 Å². The summed E-state index contributed by atoms with van der Waals surface area (Å²) in [4.78, 5) is 4.15. The molecule has 1 N–H and O–H groups in total. The highest BCUT2D eigenvalue weighted by molar-refractivity contribution is 5.92. The summed E-state index contributed by atoms with van der Waals surface area (Å²) < 4.78 is 7.67. The number of oxazole rings is 1. The summed E-state index contributed by atoms with van der Waals surface area (Å²) in [5.41, 5.74) is 4.08. The fourth-order valence-electron chi connectivity index (χ4n) is 3.22. The first-order valence-electron chi connectivity index (χ1n) is 9.01. The lowest BCUT2D eigenvalue weighted by Gasteiger charge is -2.07. The third-order valence-electron chi connectivity index (χ3n) is 4.80. The molecule has 1 aliphatic carbocycles. The fraction of sp³-hybridized carbons (Fsp3) is 0.238. The molecule has 0 spiro atoms. The highest BCUT2D eigenvalue weighted by atomic mass is 35.5. The summed E-state index contributed by atoms with van der Waals surface area (Å²) >= 11 is 0. The molecule has 0 bridgehead atoms. The van der Waals surface area contributed by atoms with Gasteiger partial charge in [-0.15, -0.1) is 24.8 Å². The molecule has 28 heavy (non-hydrogen) atoms. The van der Waals surface area contributed by atoms with Gasteiger partial charge in [0.1, 0.15) is 5.52 Å². The van der Waals surface area contributed by atoms with Gasteiger partial charge < -0.3 is 9.73 Å². The number of anilines is 2. The van der Waals surface area contributed by atoms with Gasteiger partial charge in [-0.05, 0) is 49.1 Å². The van der Waals surface area contributed by atoms with Crippen molar-refractivity contribution in [2.24, 2.45) is 5.92 Å². The van der Waals surface area contributed by atoms with E-state index in [1.807, 2.05) is 31.2 Å². The standard InChI is InChI=1S/C21H20N4O.2ClH/c1-14-22-11-20(26-14)16-7-9-18(10-8-16)23-19-4-2-3-17-13-25(24-21(17)19)12-15-5-6-15;;/h2-4,7-11,13,15,23H,5-6,12H2,1H3;2*1H. The molecule has 146 valence electrons. The van der Waals surface area contributed by atoms with Crippen LogP contribution in [0.1, 0.15) is 18.7 Å². The molecule has 2 aromatic carbocycles. The molecule has 5 rings (SSSR count). The van der Waals surface area contributed by atoms with Gasteiger partial charge in [-0.3, -0.25) is 4.68 Å². The number of hydrogen-bond acceptors (Lipinski definition) is 4. The molecule has 1 saturated carbocycles. The van der Waals surface area contributed by atoms with Crippen LogP contribution in [0.4, 0.5) is 11.4 Å². The molecule has 1 aliphatic rings. The lowest BCUT2D eigenvalue weighted by atomic mass is 10.1. The van der Waals surface area contributed by atoms with Gasteiger partial charge in [-0.2, -0.15) is 5.10 Å². The zero-order chi connectivity index (χ0) is 17.5. The van der Waals surface area contributed by atoms with E-state index >= 15 is 0 Å². The average Bonchev–Trinajstić information content (AvgIpc) is 3.18. The van der Waals surface area contributed by atoms with Crippen LogP contribution in [-0.2, 0) is 6.54 Å². The first-order valence-corrected chi connectivity index (χ1v) is 9.01. The molecule has 0 radical (unpaired) electrons. The predicted molar refractivity (Wildman–Crippen MR) is 117 cm³/mol. The van der Waals surface area contributed by atoms with Crippen LogP contribution in [0.5, 0.6) is 0 Å². The lowest BCUT2D eigenvalue weighted by Crippen LogP contribution is -1.99. The maximum Gasteiger partial charge on any atom is 0.191 e. The van der Waals surface area contributed by atoms with Gasteiger partial charge in [0.25, 0.3) is 0 Å². The highest BCUT2D eigenvalue weighted by Crippen LogP contribution is 2.32. The molecule has 7 heteroatoms. The number of rotatable bonds is 5. The van der Waals surface area contributed by atoms with Gasteiger partial charge in [-0.25, -0.2) is 4.98 Å². The molecule has 0 amide bonds. The Hall–Kier alpha value is -2.50.